The number of hydrogen-bond donors (Lipinski definition) is 0. The maximum atomic E-state index is 6.70. The number of hydrogen-bond acceptors (Lipinski definition) is 2. The summed E-state index contributed by atoms with van der Waals surface area (Å²) in [5.41, 5.74) is 15.0. The smallest absolute Gasteiger partial charge is 0.159 e. The normalized spacial score (nSPS) is 12.1. The molecule has 0 saturated carbocycles. The van der Waals surface area contributed by atoms with Crippen molar-refractivity contribution in [3.05, 3.63) is 194 Å². The Labute approximate surface area is 332 Å². The fourth-order valence-corrected chi connectivity index (χ4v) is 9.47. The zero-order valence-electron chi connectivity index (χ0n) is 31.2. The largest absolute Gasteiger partial charge is 0.456 e. The van der Waals surface area contributed by atoms with Gasteiger partial charge in [-0.2, -0.15) is 0 Å². The third kappa shape index (κ3) is 4.45. The molecule has 4 heteroatoms. The molecular weight excluding hydrogens is 709 g/mol. The summed E-state index contributed by atoms with van der Waals surface area (Å²) in [6.45, 7) is 0. The van der Waals surface area contributed by atoms with Gasteiger partial charge in [0.25, 0.3) is 0 Å². The minimum atomic E-state index is 0.871. The van der Waals surface area contributed by atoms with Crippen LogP contribution < -0.4 is 0 Å². The first kappa shape index (κ1) is 31.4. The molecule has 0 radical (unpaired) electrons. The van der Waals surface area contributed by atoms with E-state index in [-0.39, 0.29) is 0 Å². The first-order valence-electron chi connectivity index (χ1n) is 19.7. The maximum Gasteiger partial charge on any atom is 0.159 e. The SMILES string of the molecule is c1ccc(-n2c3ccccc3c3cc(-c4ccc5oc6ccc(-c7ccc8oc9c(-n%10c%11ccccc%11c%11ccccc%11%10)cccc9c8c7)cc6c5c4)ccc32)cc1. The second-order valence-electron chi connectivity index (χ2n) is 15.3. The van der Waals surface area contributed by atoms with Crippen LogP contribution in [0.15, 0.2) is 203 Å². The molecule has 13 rings (SSSR count). The van der Waals surface area contributed by atoms with Crippen LogP contribution in [0.1, 0.15) is 0 Å². The van der Waals surface area contributed by atoms with E-state index in [9.17, 15) is 0 Å². The highest BCUT2D eigenvalue weighted by Crippen LogP contribution is 2.41. The summed E-state index contributed by atoms with van der Waals surface area (Å²) in [7, 11) is 0. The molecule has 0 aliphatic carbocycles. The van der Waals surface area contributed by atoms with E-state index in [1.54, 1.807) is 0 Å². The van der Waals surface area contributed by atoms with Crippen molar-refractivity contribution >= 4 is 87.5 Å². The summed E-state index contributed by atoms with van der Waals surface area (Å²) in [5.74, 6) is 0. The Morgan fingerprint density at radius 1 is 0.276 bits per heavy atom. The highest BCUT2D eigenvalue weighted by Gasteiger charge is 2.19. The van der Waals surface area contributed by atoms with Gasteiger partial charge in [-0.3, -0.25) is 0 Å². The van der Waals surface area contributed by atoms with Crippen LogP contribution in [0.3, 0.4) is 0 Å². The lowest BCUT2D eigenvalue weighted by molar-refractivity contribution is 0.666. The van der Waals surface area contributed by atoms with Gasteiger partial charge in [0.15, 0.2) is 5.58 Å². The molecule has 4 nitrogen and oxygen atoms in total. The summed E-state index contributed by atoms with van der Waals surface area (Å²) in [4.78, 5) is 0. The van der Waals surface area contributed by atoms with Crippen LogP contribution in [-0.4, -0.2) is 9.13 Å². The molecule has 0 unspecified atom stereocenters. The van der Waals surface area contributed by atoms with E-state index < -0.39 is 0 Å². The summed E-state index contributed by atoms with van der Waals surface area (Å²) >= 11 is 0. The summed E-state index contributed by atoms with van der Waals surface area (Å²) in [6, 6.07) is 69.5. The van der Waals surface area contributed by atoms with E-state index in [0.29, 0.717) is 0 Å². The number of benzene rings is 9. The highest BCUT2D eigenvalue weighted by atomic mass is 16.3. The zero-order chi connectivity index (χ0) is 37.9. The van der Waals surface area contributed by atoms with Crippen molar-refractivity contribution in [1.82, 2.24) is 9.13 Å². The Balaban J connectivity index is 0.928. The molecular formula is C54H32N2O2. The van der Waals surface area contributed by atoms with Gasteiger partial charge < -0.3 is 18.0 Å². The Morgan fingerprint density at radius 2 is 0.707 bits per heavy atom. The topological polar surface area (TPSA) is 36.1 Å². The summed E-state index contributed by atoms with van der Waals surface area (Å²) in [5, 5.41) is 9.34. The van der Waals surface area contributed by atoms with Crippen molar-refractivity contribution in [3.63, 3.8) is 0 Å². The second-order valence-corrected chi connectivity index (χ2v) is 15.3. The van der Waals surface area contributed by atoms with Crippen LogP contribution in [0.25, 0.3) is 121 Å². The molecule has 0 N–H and O–H groups in total. The fourth-order valence-electron chi connectivity index (χ4n) is 9.47. The molecule has 4 aromatic heterocycles. The molecule has 0 aliphatic heterocycles. The van der Waals surface area contributed by atoms with Crippen molar-refractivity contribution < 1.29 is 8.83 Å². The Hall–Kier alpha value is -7.82. The molecule has 270 valence electrons. The van der Waals surface area contributed by atoms with Gasteiger partial charge in [0.05, 0.1) is 27.8 Å². The molecule has 0 amide bonds. The minimum absolute atomic E-state index is 0.871. The van der Waals surface area contributed by atoms with Crippen LogP contribution in [0, 0.1) is 0 Å². The summed E-state index contributed by atoms with van der Waals surface area (Å²) in [6.07, 6.45) is 0. The lowest BCUT2D eigenvalue weighted by Crippen LogP contribution is -1.93. The molecule has 4 heterocycles. The summed E-state index contributed by atoms with van der Waals surface area (Å²) < 4.78 is 17.8. The van der Waals surface area contributed by atoms with E-state index in [4.69, 9.17) is 8.83 Å². The third-order valence-corrected chi connectivity index (χ3v) is 12.1. The molecule has 0 bridgehead atoms. The molecule has 9 aromatic carbocycles. The molecule has 0 spiro atoms. The molecule has 0 saturated heterocycles. The number of aromatic nitrogens is 2. The predicted octanol–water partition coefficient (Wildman–Crippen LogP) is 15.0. The van der Waals surface area contributed by atoms with E-state index in [1.807, 2.05) is 0 Å². The van der Waals surface area contributed by atoms with Crippen LogP contribution in [-0.2, 0) is 0 Å². The monoisotopic (exact) mass is 740 g/mol. The van der Waals surface area contributed by atoms with Crippen LogP contribution >= 0.6 is 0 Å². The lowest BCUT2D eigenvalue weighted by atomic mass is 9.98. The van der Waals surface area contributed by atoms with Gasteiger partial charge in [-0.15, -0.1) is 0 Å². The predicted molar refractivity (Wildman–Crippen MR) is 241 cm³/mol. The van der Waals surface area contributed by atoms with E-state index in [0.717, 1.165) is 83.0 Å². The quantitative estimate of drug-likeness (QED) is 0.180. The second kappa shape index (κ2) is 11.8. The Morgan fingerprint density at radius 3 is 1.31 bits per heavy atom. The maximum absolute atomic E-state index is 6.70. The van der Waals surface area contributed by atoms with Gasteiger partial charge in [-0.1, -0.05) is 109 Å². The Kier molecular flexibility index (Phi) is 6.41. The number of furan rings is 2. The first-order chi connectivity index (χ1) is 28.7. The van der Waals surface area contributed by atoms with Crippen molar-refractivity contribution in [2.45, 2.75) is 0 Å². The highest BCUT2D eigenvalue weighted by molar-refractivity contribution is 6.14. The van der Waals surface area contributed by atoms with Crippen molar-refractivity contribution in [3.8, 4) is 33.6 Å². The minimum Gasteiger partial charge on any atom is -0.456 e. The van der Waals surface area contributed by atoms with Crippen molar-refractivity contribution in [2.75, 3.05) is 0 Å². The van der Waals surface area contributed by atoms with Gasteiger partial charge in [0.1, 0.15) is 16.7 Å². The number of para-hydroxylation sites is 5. The van der Waals surface area contributed by atoms with Crippen LogP contribution in [0.2, 0.25) is 0 Å². The van der Waals surface area contributed by atoms with Crippen molar-refractivity contribution in [1.29, 1.82) is 0 Å². The van der Waals surface area contributed by atoms with E-state index >= 15 is 0 Å². The van der Waals surface area contributed by atoms with Gasteiger partial charge >= 0.3 is 0 Å². The molecule has 13 aromatic rings. The first-order valence-corrected chi connectivity index (χ1v) is 19.7. The molecule has 58 heavy (non-hydrogen) atoms. The lowest BCUT2D eigenvalue weighted by Gasteiger charge is -2.08. The van der Waals surface area contributed by atoms with Gasteiger partial charge in [0, 0.05) is 48.8 Å². The number of nitrogens with zero attached hydrogens (tertiary/aromatic N) is 2. The molecule has 0 atom stereocenters. The molecule has 0 aliphatic rings. The van der Waals surface area contributed by atoms with Gasteiger partial charge in [-0.05, 0) is 107 Å². The average molecular weight is 741 g/mol. The van der Waals surface area contributed by atoms with Crippen LogP contribution in [0.4, 0.5) is 0 Å². The van der Waals surface area contributed by atoms with E-state index in [1.165, 1.54) is 38.1 Å². The zero-order valence-corrected chi connectivity index (χ0v) is 31.2. The van der Waals surface area contributed by atoms with Gasteiger partial charge in [-0.25, -0.2) is 0 Å². The van der Waals surface area contributed by atoms with E-state index in [2.05, 4.69) is 203 Å². The average Bonchev–Trinajstić information content (AvgIpc) is 4.03. The third-order valence-electron chi connectivity index (χ3n) is 12.1. The fraction of sp³-hybridized carbons (Fsp3) is 0. The van der Waals surface area contributed by atoms with Crippen LogP contribution in [0.5, 0.6) is 0 Å². The van der Waals surface area contributed by atoms with Gasteiger partial charge in [0.2, 0.25) is 0 Å². The Bertz CT molecular complexity index is 3750. The molecule has 0 fully saturated rings. The number of fused-ring (bicyclic) bond motifs is 12. The number of rotatable bonds is 4. The standard InChI is InChI=1S/C54H32N2O2/c1-2-11-37(12-3-1)55-46-17-7-6-15-40(46)42-29-33(21-25-49(42)55)35-22-26-51-44(31-35)45-32-36(23-27-52(45)57-51)34-24-28-53-43(30-34)41-16-10-20-50(54(41)58-53)56-47-18-8-4-13-38(47)39-14-5-9-19-48(39)56/h1-32H. The van der Waals surface area contributed by atoms with Crippen molar-refractivity contribution in [2.24, 2.45) is 0 Å².